The van der Waals surface area contributed by atoms with Gasteiger partial charge in [-0.2, -0.15) is 0 Å². The van der Waals surface area contributed by atoms with Crippen LogP contribution in [0.2, 0.25) is 0 Å². The summed E-state index contributed by atoms with van der Waals surface area (Å²) in [6.45, 7) is 4.89. The SMILES string of the molecule is CCN(CCO)C(=O)Cc1sc(Cc2cccc3ccccc23)nc1C. The maximum Gasteiger partial charge on any atom is 0.227 e. The van der Waals surface area contributed by atoms with Crippen molar-refractivity contribution in [2.45, 2.75) is 26.7 Å². The molecule has 1 amide bonds. The number of amides is 1. The van der Waals surface area contributed by atoms with Gasteiger partial charge in [-0.3, -0.25) is 4.79 Å². The van der Waals surface area contributed by atoms with E-state index in [0.29, 0.717) is 19.5 Å². The van der Waals surface area contributed by atoms with E-state index in [-0.39, 0.29) is 12.5 Å². The number of aromatic nitrogens is 1. The second-order valence-electron chi connectivity index (χ2n) is 6.31. The molecule has 1 N–H and O–H groups in total. The molecule has 4 nitrogen and oxygen atoms in total. The quantitative estimate of drug-likeness (QED) is 0.693. The summed E-state index contributed by atoms with van der Waals surface area (Å²) >= 11 is 1.62. The van der Waals surface area contributed by atoms with E-state index in [1.165, 1.54) is 16.3 Å². The largest absolute Gasteiger partial charge is 0.395 e. The number of likely N-dealkylation sites (N-methyl/N-ethyl adjacent to an activating group) is 1. The molecule has 1 aromatic heterocycles. The first-order valence-electron chi connectivity index (χ1n) is 8.92. The number of hydrogen-bond donors (Lipinski definition) is 1. The second kappa shape index (κ2) is 8.43. The molecule has 0 aliphatic carbocycles. The Hall–Kier alpha value is -2.24. The molecule has 0 radical (unpaired) electrons. The second-order valence-corrected chi connectivity index (χ2v) is 7.47. The van der Waals surface area contributed by atoms with Crippen molar-refractivity contribution in [2.75, 3.05) is 19.7 Å². The Morgan fingerprint density at radius 3 is 2.73 bits per heavy atom. The topological polar surface area (TPSA) is 53.4 Å². The minimum Gasteiger partial charge on any atom is -0.395 e. The van der Waals surface area contributed by atoms with Crippen LogP contribution in [0.3, 0.4) is 0 Å². The number of thiazole rings is 1. The van der Waals surface area contributed by atoms with Gasteiger partial charge in [0.05, 0.1) is 23.7 Å². The molecule has 0 saturated carbocycles. The fourth-order valence-corrected chi connectivity index (χ4v) is 4.25. The van der Waals surface area contributed by atoms with Crippen molar-refractivity contribution < 1.29 is 9.90 Å². The molecule has 26 heavy (non-hydrogen) atoms. The summed E-state index contributed by atoms with van der Waals surface area (Å²) in [5.41, 5.74) is 2.18. The third-order valence-corrected chi connectivity index (χ3v) is 5.73. The van der Waals surface area contributed by atoms with Gasteiger partial charge in [0, 0.05) is 24.4 Å². The summed E-state index contributed by atoms with van der Waals surface area (Å²) in [4.78, 5) is 19.8. The summed E-state index contributed by atoms with van der Waals surface area (Å²) in [5.74, 6) is 0.0463. The van der Waals surface area contributed by atoms with Gasteiger partial charge in [-0.15, -0.1) is 11.3 Å². The number of nitrogens with zero attached hydrogens (tertiary/aromatic N) is 2. The van der Waals surface area contributed by atoms with Gasteiger partial charge >= 0.3 is 0 Å². The molecule has 0 fully saturated rings. The highest BCUT2D eigenvalue weighted by Crippen LogP contribution is 2.25. The summed E-state index contributed by atoms with van der Waals surface area (Å²) in [5, 5.41) is 12.6. The fourth-order valence-electron chi connectivity index (χ4n) is 3.17. The minimum absolute atomic E-state index is 0.00637. The Bertz CT molecular complexity index is 899. The Balaban J connectivity index is 1.79. The monoisotopic (exact) mass is 368 g/mol. The van der Waals surface area contributed by atoms with Crippen LogP contribution in [-0.4, -0.2) is 40.6 Å². The highest BCUT2D eigenvalue weighted by atomic mass is 32.1. The van der Waals surface area contributed by atoms with Gasteiger partial charge in [0.1, 0.15) is 0 Å². The van der Waals surface area contributed by atoms with Crippen LogP contribution < -0.4 is 0 Å². The van der Waals surface area contributed by atoms with E-state index in [1.807, 2.05) is 13.8 Å². The number of aliphatic hydroxyl groups is 1. The average molecular weight is 369 g/mol. The predicted molar refractivity (Wildman–Crippen MR) is 107 cm³/mol. The Labute approximate surface area is 158 Å². The van der Waals surface area contributed by atoms with Crippen LogP contribution in [0.4, 0.5) is 0 Å². The van der Waals surface area contributed by atoms with Gasteiger partial charge in [-0.25, -0.2) is 4.98 Å². The Morgan fingerprint density at radius 2 is 1.96 bits per heavy atom. The standard InChI is InChI=1S/C21H24N2O2S/c1-3-23(11-12-24)21(25)14-19-15(2)22-20(26-19)13-17-9-6-8-16-7-4-5-10-18(16)17/h4-10,24H,3,11-14H2,1-2H3. The van der Waals surface area contributed by atoms with Crippen LogP contribution in [0.1, 0.15) is 28.1 Å². The van der Waals surface area contributed by atoms with Crippen molar-refractivity contribution in [3.8, 4) is 0 Å². The zero-order valence-electron chi connectivity index (χ0n) is 15.2. The van der Waals surface area contributed by atoms with Gasteiger partial charge in [-0.1, -0.05) is 42.5 Å². The van der Waals surface area contributed by atoms with Crippen molar-refractivity contribution in [2.24, 2.45) is 0 Å². The first-order chi connectivity index (χ1) is 12.6. The van der Waals surface area contributed by atoms with Crippen molar-refractivity contribution in [3.63, 3.8) is 0 Å². The molecule has 3 aromatic rings. The average Bonchev–Trinajstić information content (AvgIpc) is 2.99. The molecule has 2 aromatic carbocycles. The van der Waals surface area contributed by atoms with E-state index in [1.54, 1.807) is 16.2 Å². The highest BCUT2D eigenvalue weighted by molar-refractivity contribution is 7.11. The molecule has 5 heteroatoms. The van der Waals surface area contributed by atoms with E-state index in [0.717, 1.165) is 22.0 Å². The summed E-state index contributed by atoms with van der Waals surface area (Å²) in [7, 11) is 0. The minimum atomic E-state index is -0.00637. The summed E-state index contributed by atoms with van der Waals surface area (Å²) in [6.07, 6.45) is 1.13. The van der Waals surface area contributed by atoms with Crippen molar-refractivity contribution in [1.29, 1.82) is 0 Å². The first kappa shape index (κ1) is 18.5. The van der Waals surface area contributed by atoms with E-state index >= 15 is 0 Å². The van der Waals surface area contributed by atoms with Crippen molar-refractivity contribution in [3.05, 3.63) is 63.6 Å². The molecule has 0 aliphatic rings. The van der Waals surface area contributed by atoms with Crippen LogP contribution in [0, 0.1) is 6.92 Å². The number of aliphatic hydroxyl groups excluding tert-OH is 1. The Kier molecular flexibility index (Phi) is 6.01. The molecule has 0 saturated heterocycles. The number of hydrogen-bond acceptors (Lipinski definition) is 4. The maximum atomic E-state index is 12.4. The van der Waals surface area contributed by atoms with E-state index in [2.05, 4.69) is 42.5 Å². The van der Waals surface area contributed by atoms with E-state index < -0.39 is 0 Å². The van der Waals surface area contributed by atoms with Gasteiger partial charge in [0.2, 0.25) is 5.91 Å². The van der Waals surface area contributed by atoms with Crippen LogP contribution in [0.15, 0.2) is 42.5 Å². The lowest BCUT2D eigenvalue weighted by Gasteiger charge is -2.19. The van der Waals surface area contributed by atoms with Crippen molar-refractivity contribution >= 4 is 28.0 Å². The lowest BCUT2D eigenvalue weighted by molar-refractivity contribution is -0.130. The lowest BCUT2D eigenvalue weighted by atomic mass is 10.0. The van der Waals surface area contributed by atoms with Crippen molar-refractivity contribution in [1.82, 2.24) is 9.88 Å². The van der Waals surface area contributed by atoms with Gasteiger partial charge in [0.15, 0.2) is 0 Å². The number of benzene rings is 2. The summed E-state index contributed by atoms with van der Waals surface area (Å²) in [6, 6.07) is 14.7. The van der Waals surface area contributed by atoms with Crippen LogP contribution in [-0.2, 0) is 17.6 Å². The van der Waals surface area contributed by atoms with Crippen LogP contribution in [0.5, 0.6) is 0 Å². The molecule has 1 heterocycles. The van der Waals surface area contributed by atoms with E-state index in [4.69, 9.17) is 10.1 Å². The molecule has 0 atom stereocenters. The first-order valence-corrected chi connectivity index (χ1v) is 9.74. The van der Waals surface area contributed by atoms with Crippen LogP contribution >= 0.6 is 11.3 Å². The highest BCUT2D eigenvalue weighted by Gasteiger charge is 2.16. The lowest BCUT2D eigenvalue weighted by Crippen LogP contribution is -2.34. The smallest absolute Gasteiger partial charge is 0.227 e. The number of rotatable bonds is 7. The number of carbonyl (C=O) groups excluding carboxylic acids is 1. The normalized spacial score (nSPS) is 11.0. The number of carbonyl (C=O) groups is 1. The molecule has 0 aliphatic heterocycles. The van der Waals surface area contributed by atoms with E-state index in [9.17, 15) is 4.79 Å². The predicted octanol–water partition coefficient (Wildman–Crippen LogP) is 3.58. The molecule has 136 valence electrons. The summed E-state index contributed by atoms with van der Waals surface area (Å²) < 4.78 is 0. The molecule has 0 unspecified atom stereocenters. The van der Waals surface area contributed by atoms with Gasteiger partial charge in [0.25, 0.3) is 0 Å². The molecular formula is C21H24N2O2S. The maximum absolute atomic E-state index is 12.4. The molecule has 3 rings (SSSR count). The Morgan fingerprint density at radius 1 is 1.19 bits per heavy atom. The van der Waals surface area contributed by atoms with Gasteiger partial charge in [-0.05, 0) is 30.2 Å². The number of aryl methyl sites for hydroxylation is 1. The third-order valence-electron chi connectivity index (χ3n) is 4.57. The fraction of sp³-hybridized carbons (Fsp3) is 0.333. The van der Waals surface area contributed by atoms with Gasteiger partial charge < -0.3 is 10.0 Å². The molecular weight excluding hydrogens is 344 g/mol. The molecule has 0 bridgehead atoms. The zero-order chi connectivity index (χ0) is 18.5. The number of fused-ring (bicyclic) bond motifs is 1. The molecule has 0 spiro atoms. The van der Waals surface area contributed by atoms with Crippen LogP contribution in [0.25, 0.3) is 10.8 Å². The third kappa shape index (κ3) is 4.11. The zero-order valence-corrected chi connectivity index (χ0v) is 16.1.